The molecule has 0 rings (SSSR count). The van der Waals surface area contributed by atoms with E-state index in [1.165, 1.54) is 238 Å². The summed E-state index contributed by atoms with van der Waals surface area (Å²) >= 11 is 0. The summed E-state index contributed by atoms with van der Waals surface area (Å²) in [5, 5.41) is 23.3. The molecule has 0 fully saturated rings. The number of rotatable bonds is 60. The highest BCUT2D eigenvalue weighted by Gasteiger charge is 2.20. The van der Waals surface area contributed by atoms with E-state index in [4.69, 9.17) is 4.74 Å². The second kappa shape index (κ2) is 60.9. The van der Waals surface area contributed by atoms with Gasteiger partial charge in [-0.05, 0) is 64.2 Å². The number of carbonyl (C=O) groups excluding carboxylic acids is 2. The fraction of sp³-hybridized carbons (Fsp3) is 0.908. The minimum Gasteiger partial charge on any atom is -0.466 e. The number of nitrogens with one attached hydrogen (secondary N) is 1. The zero-order valence-corrected chi connectivity index (χ0v) is 48.0. The van der Waals surface area contributed by atoms with E-state index in [2.05, 4.69) is 43.5 Å². The van der Waals surface area contributed by atoms with Crippen LogP contribution in [-0.4, -0.2) is 47.4 Å². The molecule has 3 N–H and O–H groups in total. The predicted molar refractivity (Wildman–Crippen MR) is 310 cm³/mol. The van der Waals surface area contributed by atoms with Crippen LogP contribution in [0.4, 0.5) is 0 Å². The molecule has 0 aromatic rings. The van der Waals surface area contributed by atoms with Crippen molar-refractivity contribution in [2.75, 3.05) is 13.2 Å². The molecule has 0 saturated carbocycles. The molecule has 0 saturated heterocycles. The summed E-state index contributed by atoms with van der Waals surface area (Å²) in [6.45, 7) is 4.94. The van der Waals surface area contributed by atoms with Gasteiger partial charge < -0.3 is 20.3 Å². The molecule has 0 radical (unpaired) electrons. The van der Waals surface area contributed by atoms with Crippen molar-refractivity contribution < 1.29 is 24.5 Å². The van der Waals surface area contributed by atoms with E-state index in [-0.39, 0.29) is 18.5 Å². The number of hydrogen-bond donors (Lipinski definition) is 3. The van der Waals surface area contributed by atoms with Gasteiger partial charge in [-0.15, -0.1) is 0 Å². The topological polar surface area (TPSA) is 95.9 Å². The Morgan fingerprint density at radius 1 is 0.394 bits per heavy atom. The van der Waals surface area contributed by atoms with E-state index in [1.807, 2.05) is 0 Å². The Kier molecular flexibility index (Phi) is 59.5. The van der Waals surface area contributed by atoms with Crippen LogP contribution < -0.4 is 5.32 Å². The first kappa shape index (κ1) is 69.3. The third-order valence-corrected chi connectivity index (χ3v) is 15.0. The maximum atomic E-state index is 12.5. The summed E-state index contributed by atoms with van der Waals surface area (Å²) in [6.07, 6.45) is 74.8. The van der Waals surface area contributed by atoms with Crippen molar-refractivity contribution >= 4 is 11.9 Å². The molecule has 0 aliphatic carbocycles. The lowest BCUT2D eigenvalue weighted by atomic mass is 10.0. The van der Waals surface area contributed by atoms with E-state index in [0.717, 1.165) is 83.5 Å². The second-order valence-electron chi connectivity index (χ2n) is 22.1. The van der Waals surface area contributed by atoms with Gasteiger partial charge in [-0.3, -0.25) is 9.59 Å². The number of amides is 1. The van der Waals surface area contributed by atoms with Crippen LogP contribution in [0, 0.1) is 0 Å². The zero-order valence-electron chi connectivity index (χ0n) is 48.0. The summed E-state index contributed by atoms with van der Waals surface area (Å²) in [5.74, 6) is -0.0582. The van der Waals surface area contributed by atoms with Crippen LogP contribution in [0.2, 0.25) is 0 Å². The normalized spacial score (nSPS) is 12.7. The molecule has 6 heteroatoms. The van der Waals surface area contributed by atoms with Gasteiger partial charge in [0.15, 0.2) is 0 Å². The molecule has 0 aromatic heterocycles. The van der Waals surface area contributed by atoms with Gasteiger partial charge in [0.1, 0.15) is 0 Å². The van der Waals surface area contributed by atoms with Crippen LogP contribution in [0.25, 0.3) is 0 Å². The molecular weight excluding hydrogens is 875 g/mol. The molecule has 0 aliphatic heterocycles. The lowest BCUT2D eigenvalue weighted by Crippen LogP contribution is -2.45. The molecule has 2 unspecified atom stereocenters. The highest BCUT2D eigenvalue weighted by molar-refractivity contribution is 5.76. The first-order chi connectivity index (χ1) is 35.0. The first-order valence-electron chi connectivity index (χ1n) is 32.1. The molecule has 2 atom stereocenters. The van der Waals surface area contributed by atoms with Gasteiger partial charge in [0.2, 0.25) is 5.91 Å². The van der Waals surface area contributed by atoms with Gasteiger partial charge >= 0.3 is 5.97 Å². The third kappa shape index (κ3) is 57.5. The third-order valence-electron chi connectivity index (χ3n) is 15.0. The number of hydrogen-bond acceptors (Lipinski definition) is 5. The van der Waals surface area contributed by atoms with E-state index in [1.54, 1.807) is 0 Å². The highest BCUT2D eigenvalue weighted by atomic mass is 16.5. The molecule has 71 heavy (non-hydrogen) atoms. The smallest absolute Gasteiger partial charge is 0.305 e. The Labute approximate surface area is 443 Å². The molecule has 0 spiro atoms. The average molecular weight is 1000 g/mol. The van der Waals surface area contributed by atoms with Crippen molar-refractivity contribution in [3.8, 4) is 0 Å². The summed E-state index contributed by atoms with van der Waals surface area (Å²) < 4.78 is 5.47. The van der Waals surface area contributed by atoms with Crippen LogP contribution in [0.1, 0.15) is 354 Å². The van der Waals surface area contributed by atoms with Crippen molar-refractivity contribution in [1.29, 1.82) is 0 Å². The van der Waals surface area contributed by atoms with E-state index in [9.17, 15) is 19.8 Å². The van der Waals surface area contributed by atoms with Gasteiger partial charge in [0.05, 0.1) is 25.4 Å². The number of aliphatic hydroxyl groups is 2. The second-order valence-corrected chi connectivity index (χ2v) is 22.1. The van der Waals surface area contributed by atoms with Crippen molar-refractivity contribution in [1.82, 2.24) is 5.32 Å². The minimum absolute atomic E-state index is 0.0103. The lowest BCUT2D eigenvalue weighted by Gasteiger charge is -2.22. The minimum atomic E-state index is -0.675. The van der Waals surface area contributed by atoms with Crippen LogP contribution in [0.5, 0.6) is 0 Å². The van der Waals surface area contributed by atoms with Gasteiger partial charge in [0.25, 0.3) is 0 Å². The van der Waals surface area contributed by atoms with Crippen molar-refractivity contribution in [3.05, 3.63) is 24.3 Å². The molecule has 0 aliphatic rings. The number of ether oxygens (including phenoxy) is 1. The summed E-state index contributed by atoms with van der Waals surface area (Å²) in [6, 6.07) is -0.554. The largest absolute Gasteiger partial charge is 0.466 e. The van der Waals surface area contributed by atoms with Crippen molar-refractivity contribution in [3.63, 3.8) is 0 Å². The number of carbonyl (C=O) groups is 2. The lowest BCUT2D eigenvalue weighted by molar-refractivity contribution is -0.143. The molecule has 0 aromatic carbocycles. The van der Waals surface area contributed by atoms with Gasteiger partial charge in [-0.25, -0.2) is 0 Å². The molecular formula is C65H125NO5. The number of aliphatic hydroxyl groups excluding tert-OH is 2. The number of esters is 1. The Bertz CT molecular complexity index is 1110. The Balaban J connectivity index is 3.47. The van der Waals surface area contributed by atoms with Crippen LogP contribution in [0.3, 0.4) is 0 Å². The summed E-state index contributed by atoms with van der Waals surface area (Å²) in [4.78, 5) is 24.6. The molecule has 420 valence electrons. The summed E-state index contributed by atoms with van der Waals surface area (Å²) in [5.41, 5.74) is 0. The molecule has 0 bridgehead atoms. The van der Waals surface area contributed by atoms with Crippen LogP contribution in [0.15, 0.2) is 24.3 Å². The number of unbranched alkanes of at least 4 members (excludes halogenated alkanes) is 45. The molecule has 1 amide bonds. The van der Waals surface area contributed by atoms with E-state index >= 15 is 0 Å². The Hall–Kier alpha value is -1.66. The Morgan fingerprint density at radius 2 is 0.704 bits per heavy atom. The standard InChI is InChI=1S/C65H125NO5/c1-3-5-7-9-11-13-15-17-19-21-23-25-29-33-37-41-45-49-53-57-63(68)62(61-67)66-64(69)58-54-50-46-42-38-34-30-26-24-28-32-36-40-44-48-52-56-60-71-65(70)59-55-51-47-43-39-35-31-27-22-20-18-16-14-12-10-8-6-4-2/h24,28,36,40,62-63,67-68H,3-23,25-27,29-35,37-39,41-61H2,1-2H3,(H,66,69)/b28-24-,40-36-. The van der Waals surface area contributed by atoms with Crippen molar-refractivity contribution in [2.45, 2.75) is 366 Å². The maximum absolute atomic E-state index is 12.5. The fourth-order valence-corrected chi connectivity index (χ4v) is 10.1. The zero-order chi connectivity index (χ0) is 51.4. The van der Waals surface area contributed by atoms with Gasteiger partial charge in [0, 0.05) is 12.8 Å². The van der Waals surface area contributed by atoms with E-state index < -0.39 is 12.1 Å². The highest BCUT2D eigenvalue weighted by Crippen LogP contribution is 2.18. The predicted octanol–water partition coefficient (Wildman–Crippen LogP) is 20.2. The SMILES string of the molecule is CCCCCCCCCCCCCCCCCCCCCC(O)C(CO)NC(=O)CCCCCCCCC/C=C\C/C=C\CCCCCOC(=O)CCCCCCCCCCCCCCCCCCCC. The molecule has 6 nitrogen and oxygen atoms in total. The van der Waals surface area contributed by atoms with Crippen LogP contribution in [-0.2, 0) is 14.3 Å². The van der Waals surface area contributed by atoms with Crippen LogP contribution >= 0.6 is 0 Å². The van der Waals surface area contributed by atoms with E-state index in [0.29, 0.717) is 25.9 Å². The molecule has 0 heterocycles. The first-order valence-corrected chi connectivity index (χ1v) is 32.1. The fourth-order valence-electron chi connectivity index (χ4n) is 10.1. The quantitative estimate of drug-likeness (QED) is 0.0320. The van der Waals surface area contributed by atoms with Gasteiger partial charge in [-0.1, -0.05) is 301 Å². The average Bonchev–Trinajstić information content (AvgIpc) is 3.37. The number of allylic oxidation sites excluding steroid dienone is 4. The van der Waals surface area contributed by atoms with Crippen molar-refractivity contribution in [2.24, 2.45) is 0 Å². The Morgan fingerprint density at radius 3 is 1.07 bits per heavy atom. The maximum Gasteiger partial charge on any atom is 0.305 e. The monoisotopic (exact) mass is 1000 g/mol. The summed E-state index contributed by atoms with van der Waals surface area (Å²) in [7, 11) is 0. The van der Waals surface area contributed by atoms with Gasteiger partial charge in [-0.2, -0.15) is 0 Å².